The molecule has 0 spiro atoms. The number of carbonyl (C=O) groups is 2. The third-order valence-electron chi connectivity index (χ3n) is 5.86. The lowest BCUT2D eigenvalue weighted by atomic mass is 10.0. The molecule has 1 atom stereocenters. The van der Waals surface area contributed by atoms with Gasteiger partial charge in [-0.15, -0.1) is 21.5 Å². The molecule has 33 heavy (non-hydrogen) atoms. The van der Waals surface area contributed by atoms with Crippen molar-refractivity contribution >= 4 is 34.9 Å². The number of nitrogens with zero attached hydrogens (tertiary/aromatic N) is 4. The molecule has 3 aromatic rings. The van der Waals surface area contributed by atoms with Crippen LogP contribution in [0.3, 0.4) is 0 Å². The summed E-state index contributed by atoms with van der Waals surface area (Å²) < 4.78 is 2.01. The summed E-state index contributed by atoms with van der Waals surface area (Å²) in [6, 6.07) is 12.0. The molecule has 174 valence electrons. The second-order valence-electron chi connectivity index (χ2n) is 8.18. The van der Waals surface area contributed by atoms with Crippen molar-refractivity contribution in [3.05, 3.63) is 47.3 Å². The van der Waals surface area contributed by atoms with Crippen molar-refractivity contribution in [3.63, 3.8) is 0 Å². The summed E-state index contributed by atoms with van der Waals surface area (Å²) in [5, 5.41) is 11.5. The molecule has 1 aromatic carbocycles. The molecule has 2 aromatic heterocycles. The molecule has 4 rings (SSSR count). The number of rotatable bonds is 9. The van der Waals surface area contributed by atoms with Crippen molar-refractivity contribution < 1.29 is 9.59 Å². The Balaban J connectivity index is 1.57. The first-order valence-corrected chi connectivity index (χ1v) is 13.2. The summed E-state index contributed by atoms with van der Waals surface area (Å²) in [6.45, 7) is 2.76. The first-order chi connectivity index (χ1) is 16.1. The van der Waals surface area contributed by atoms with Gasteiger partial charge in [-0.05, 0) is 61.2 Å². The smallest absolute Gasteiger partial charge is 0.240 e. The molecular formula is C24H29N5O2S2. The fourth-order valence-electron chi connectivity index (χ4n) is 4.09. The Morgan fingerprint density at radius 1 is 1.18 bits per heavy atom. The lowest BCUT2D eigenvalue weighted by molar-refractivity contribution is -0.138. The number of unbranched alkanes of at least 4 members (excludes halogenated alkanes) is 1. The Morgan fingerprint density at radius 2 is 2.00 bits per heavy atom. The van der Waals surface area contributed by atoms with E-state index in [4.69, 9.17) is 5.73 Å². The standard InChI is InChI=1S/C24H29N5O2S2/c1-2-3-7-17-10-12-18(13-11-17)29-23(20-9-6-15-32-20)26-27-24(29)33-16-21(30)28-14-5-4-8-19(28)22(25)31/h6,9-13,15,19H,2-5,7-8,14,16H2,1H3,(H2,25,31). The van der Waals surface area contributed by atoms with E-state index in [2.05, 4.69) is 41.4 Å². The van der Waals surface area contributed by atoms with Crippen LogP contribution in [0.15, 0.2) is 46.9 Å². The number of primary amides is 1. The van der Waals surface area contributed by atoms with Crippen LogP contribution in [0.5, 0.6) is 0 Å². The number of hydrogen-bond donors (Lipinski definition) is 1. The molecule has 3 heterocycles. The van der Waals surface area contributed by atoms with Gasteiger partial charge in [-0.2, -0.15) is 0 Å². The number of nitrogens with two attached hydrogens (primary N) is 1. The summed E-state index contributed by atoms with van der Waals surface area (Å²) in [6.07, 6.45) is 5.83. The number of carbonyl (C=O) groups excluding carboxylic acids is 2. The summed E-state index contributed by atoms with van der Waals surface area (Å²) in [5.74, 6) is 0.417. The number of thioether (sulfide) groups is 1. The van der Waals surface area contributed by atoms with Gasteiger partial charge in [-0.3, -0.25) is 14.2 Å². The highest BCUT2D eigenvalue weighted by molar-refractivity contribution is 7.99. The zero-order valence-electron chi connectivity index (χ0n) is 18.8. The fourth-order valence-corrected chi connectivity index (χ4v) is 5.63. The molecule has 0 saturated carbocycles. The van der Waals surface area contributed by atoms with E-state index in [0.717, 1.165) is 42.1 Å². The van der Waals surface area contributed by atoms with Gasteiger partial charge < -0.3 is 10.6 Å². The summed E-state index contributed by atoms with van der Waals surface area (Å²) in [4.78, 5) is 27.4. The Morgan fingerprint density at radius 3 is 2.70 bits per heavy atom. The molecule has 1 fully saturated rings. The van der Waals surface area contributed by atoms with E-state index >= 15 is 0 Å². The monoisotopic (exact) mass is 483 g/mol. The van der Waals surface area contributed by atoms with E-state index in [9.17, 15) is 9.59 Å². The molecule has 2 N–H and O–H groups in total. The van der Waals surface area contributed by atoms with Crippen LogP contribution in [0.2, 0.25) is 0 Å². The van der Waals surface area contributed by atoms with Crippen LogP contribution in [0.1, 0.15) is 44.6 Å². The van der Waals surface area contributed by atoms with E-state index < -0.39 is 11.9 Å². The van der Waals surface area contributed by atoms with Crippen LogP contribution in [0.25, 0.3) is 16.4 Å². The lowest BCUT2D eigenvalue weighted by Crippen LogP contribution is -2.51. The highest BCUT2D eigenvalue weighted by Crippen LogP contribution is 2.31. The molecule has 0 radical (unpaired) electrons. The van der Waals surface area contributed by atoms with E-state index in [1.807, 2.05) is 22.1 Å². The molecule has 1 aliphatic rings. The van der Waals surface area contributed by atoms with Gasteiger partial charge in [0.2, 0.25) is 11.8 Å². The predicted molar refractivity (Wildman–Crippen MR) is 133 cm³/mol. The molecule has 0 aliphatic carbocycles. The van der Waals surface area contributed by atoms with E-state index in [1.165, 1.54) is 23.7 Å². The highest BCUT2D eigenvalue weighted by Gasteiger charge is 2.31. The van der Waals surface area contributed by atoms with Gasteiger partial charge in [0, 0.05) is 12.2 Å². The van der Waals surface area contributed by atoms with Crippen molar-refractivity contribution in [2.45, 2.75) is 56.6 Å². The van der Waals surface area contributed by atoms with Crippen molar-refractivity contribution in [3.8, 4) is 16.4 Å². The molecule has 7 nitrogen and oxygen atoms in total. The number of thiophene rings is 1. The average Bonchev–Trinajstić information content (AvgIpc) is 3.51. The van der Waals surface area contributed by atoms with Crippen LogP contribution in [-0.4, -0.2) is 49.8 Å². The molecule has 1 unspecified atom stereocenters. The number of aromatic nitrogens is 3. The largest absolute Gasteiger partial charge is 0.368 e. The molecule has 1 saturated heterocycles. The molecule has 0 bridgehead atoms. The van der Waals surface area contributed by atoms with Crippen molar-refractivity contribution in [2.24, 2.45) is 5.73 Å². The summed E-state index contributed by atoms with van der Waals surface area (Å²) in [5.41, 5.74) is 7.81. The Hall–Kier alpha value is -2.65. The van der Waals surface area contributed by atoms with E-state index in [1.54, 1.807) is 16.2 Å². The number of likely N-dealkylation sites (tertiary alicyclic amines) is 1. The number of benzene rings is 1. The fraction of sp³-hybridized carbons (Fsp3) is 0.417. The van der Waals surface area contributed by atoms with Gasteiger partial charge in [-0.25, -0.2) is 0 Å². The van der Waals surface area contributed by atoms with Gasteiger partial charge in [0.15, 0.2) is 11.0 Å². The summed E-state index contributed by atoms with van der Waals surface area (Å²) in [7, 11) is 0. The number of aryl methyl sites for hydroxylation is 1. The molecule has 1 aliphatic heterocycles. The van der Waals surface area contributed by atoms with Gasteiger partial charge in [0.1, 0.15) is 6.04 Å². The minimum Gasteiger partial charge on any atom is -0.368 e. The van der Waals surface area contributed by atoms with Crippen molar-refractivity contribution in [2.75, 3.05) is 12.3 Å². The molecular weight excluding hydrogens is 454 g/mol. The minimum absolute atomic E-state index is 0.0920. The quantitative estimate of drug-likeness (QED) is 0.458. The van der Waals surface area contributed by atoms with E-state index in [-0.39, 0.29) is 11.7 Å². The third-order valence-corrected chi connectivity index (χ3v) is 7.64. The predicted octanol–water partition coefficient (Wildman–Crippen LogP) is 4.30. The SMILES string of the molecule is CCCCc1ccc(-n2c(SCC(=O)N3CCCCC3C(N)=O)nnc2-c2cccs2)cc1. The van der Waals surface area contributed by atoms with Crippen LogP contribution in [0, 0.1) is 0 Å². The maximum absolute atomic E-state index is 13.0. The van der Waals surface area contributed by atoms with Gasteiger partial charge in [-0.1, -0.05) is 43.3 Å². The van der Waals surface area contributed by atoms with Crippen LogP contribution >= 0.6 is 23.1 Å². The Kier molecular flexibility index (Phi) is 7.82. The topological polar surface area (TPSA) is 94.1 Å². The highest BCUT2D eigenvalue weighted by atomic mass is 32.2. The van der Waals surface area contributed by atoms with E-state index in [0.29, 0.717) is 18.1 Å². The first kappa shape index (κ1) is 23.5. The number of hydrogen-bond acceptors (Lipinski definition) is 6. The lowest BCUT2D eigenvalue weighted by Gasteiger charge is -2.33. The van der Waals surface area contributed by atoms with Gasteiger partial charge >= 0.3 is 0 Å². The first-order valence-electron chi connectivity index (χ1n) is 11.4. The second-order valence-corrected chi connectivity index (χ2v) is 10.1. The molecule has 9 heteroatoms. The average molecular weight is 484 g/mol. The third kappa shape index (κ3) is 5.47. The number of piperidine rings is 1. The Bertz CT molecular complexity index is 1080. The summed E-state index contributed by atoms with van der Waals surface area (Å²) >= 11 is 2.95. The number of amides is 2. The van der Waals surface area contributed by atoms with Crippen molar-refractivity contribution in [1.82, 2.24) is 19.7 Å². The Labute approximate surface area is 202 Å². The van der Waals surface area contributed by atoms with Gasteiger partial charge in [0.05, 0.1) is 10.6 Å². The maximum Gasteiger partial charge on any atom is 0.240 e. The second kappa shape index (κ2) is 11.0. The van der Waals surface area contributed by atoms with Crippen LogP contribution in [0.4, 0.5) is 0 Å². The van der Waals surface area contributed by atoms with Crippen LogP contribution in [-0.2, 0) is 16.0 Å². The van der Waals surface area contributed by atoms with Gasteiger partial charge in [0.25, 0.3) is 0 Å². The zero-order chi connectivity index (χ0) is 23.2. The normalized spacial score (nSPS) is 16.2. The maximum atomic E-state index is 13.0. The molecule has 2 amide bonds. The minimum atomic E-state index is -0.512. The van der Waals surface area contributed by atoms with Crippen LogP contribution < -0.4 is 5.73 Å². The van der Waals surface area contributed by atoms with Crippen molar-refractivity contribution in [1.29, 1.82) is 0 Å². The zero-order valence-corrected chi connectivity index (χ0v) is 20.4.